The Kier molecular flexibility index (Phi) is 6.91. The van der Waals surface area contributed by atoms with Gasteiger partial charge in [-0.25, -0.2) is 0 Å². The second-order valence-corrected chi connectivity index (χ2v) is 9.35. The molecule has 1 heterocycles. The fourth-order valence-corrected chi connectivity index (χ4v) is 4.35. The summed E-state index contributed by atoms with van der Waals surface area (Å²) in [5, 5.41) is 10.5. The molecule has 0 aliphatic carbocycles. The molecule has 154 valence electrons. The van der Waals surface area contributed by atoms with Crippen molar-refractivity contribution in [2.45, 2.75) is 63.6 Å². The highest BCUT2D eigenvalue weighted by molar-refractivity contribution is 7.98. The van der Waals surface area contributed by atoms with Gasteiger partial charge < -0.3 is 9.30 Å². The summed E-state index contributed by atoms with van der Waals surface area (Å²) in [5.74, 6) is 2.41. The van der Waals surface area contributed by atoms with E-state index in [2.05, 4.69) is 54.6 Å². The first kappa shape index (κ1) is 21.7. The zero-order chi connectivity index (χ0) is 21.0. The number of benzene rings is 2. The van der Waals surface area contributed by atoms with Crippen molar-refractivity contribution in [2.75, 3.05) is 0 Å². The van der Waals surface area contributed by atoms with Crippen LogP contribution >= 0.6 is 23.4 Å². The monoisotopic (exact) mass is 429 g/mol. The standard InChI is InChI=1S/C23H28ClN3OS/c1-6-27-21(16(2)28-19-13-11-18(12-14-19)23(3,4)5)25-26-22(27)29-15-17-9-7-8-10-20(17)24/h7-14,16H,6,15H2,1-5H3. The number of hydrogen-bond acceptors (Lipinski definition) is 4. The van der Waals surface area contributed by atoms with Crippen molar-refractivity contribution in [3.63, 3.8) is 0 Å². The van der Waals surface area contributed by atoms with Gasteiger partial charge in [0, 0.05) is 17.3 Å². The van der Waals surface area contributed by atoms with Crippen molar-refractivity contribution in [3.05, 3.63) is 70.5 Å². The highest BCUT2D eigenvalue weighted by atomic mass is 35.5. The van der Waals surface area contributed by atoms with Gasteiger partial charge in [0.2, 0.25) is 0 Å². The molecule has 1 unspecified atom stereocenters. The van der Waals surface area contributed by atoms with Crippen LogP contribution in [0.1, 0.15) is 57.7 Å². The van der Waals surface area contributed by atoms with Crippen LogP contribution in [0.25, 0.3) is 0 Å². The Morgan fingerprint density at radius 2 is 1.76 bits per heavy atom. The Hall–Kier alpha value is -1.98. The Bertz CT molecular complexity index is 948. The normalized spacial score (nSPS) is 12.8. The lowest BCUT2D eigenvalue weighted by atomic mass is 9.87. The summed E-state index contributed by atoms with van der Waals surface area (Å²) in [6.45, 7) is 11.5. The minimum absolute atomic E-state index is 0.125. The summed E-state index contributed by atoms with van der Waals surface area (Å²) in [6.07, 6.45) is -0.197. The molecule has 1 atom stereocenters. The van der Waals surface area contributed by atoms with Crippen LogP contribution in [0.4, 0.5) is 0 Å². The predicted molar refractivity (Wildman–Crippen MR) is 121 cm³/mol. The molecule has 4 nitrogen and oxygen atoms in total. The van der Waals surface area contributed by atoms with Gasteiger partial charge in [-0.2, -0.15) is 0 Å². The van der Waals surface area contributed by atoms with E-state index in [1.165, 1.54) is 5.56 Å². The molecule has 3 aromatic rings. The number of rotatable bonds is 7. The number of aromatic nitrogens is 3. The van der Waals surface area contributed by atoms with Crippen molar-refractivity contribution >= 4 is 23.4 Å². The molecule has 6 heteroatoms. The van der Waals surface area contributed by atoms with Gasteiger partial charge in [0.25, 0.3) is 0 Å². The molecule has 0 bridgehead atoms. The largest absolute Gasteiger partial charge is 0.483 e. The topological polar surface area (TPSA) is 39.9 Å². The molecule has 0 aliphatic heterocycles. The third-order valence-corrected chi connectivity index (χ3v) is 6.16. The Morgan fingerprint density at radius 3 is 2.38 bits per heavy atom. The van der Waals surface area contributed by atoms with E-state index in [1.807, 2.05) is 43.3 Å². The number of nitrogens with zero attached hydrogens (tertiary/aromatic N) is 3. The highest BCUT2D eigenvalue weighted by Crippen LogP contribution is 2.29. The molecule has 0 aliphatic rings. The average Bonchev–Trinajstić information content (AvgIpc) is 3.10. The van der Waals surface area contributed by atoms with E-state index in [0.717, 1.165) is 39.6 Å². The summed E-state index contributed by atoms with van der Waals surface area (Å²) in [7, 11) is 0. The van der Waals surface area contributed by atoms with Crippen molar-refractivity contribution in [3.8, 4) is 5.75 Å². The minimum Gasteiger partial charge on any atom is -0.483 e. The van der Waals surface area contributed by atoms with Crippen molar-refractivity contribution in [1.82, 2.24) is 14.8 Å². The number of ether oxygens (including phenoxy) is 1. The highest BCUT2D eigenvalue weighted by Gasteiger charge is 2.19. The third-order valence-electron chi connectivity index (χ3n) is 4.77. The lowest BCUT2D eigenvalue weighted by Gasteiger charge is -2.20. The van der Waals surface area contributed by atoms with E-state index >= 15 is 0 Å². The summed E-state index contributed by atoms with van der Waals surface area (Å²) in [6, 6.07) is 16.2. The maximum absolute atomic E-state index is 6.27. The van der Waals surface area contributed by atoms with E-state index in [1.54, 1.807) is 11.8 Å². The lowest BCUT2D eigenvalue weighted by Crippen LogP contribution is -2.13. The van der Waals surface area contributed by atoms with Crippen LogP contribution in [0.2, 0.25) is 5.02 Å². The van der Waals surface area contributed by atoms with E-state index < -0.39 is 0 Å². The summed E-state index contributed by atoms with van der Waals surface area (Å²) >= 11 is 7.91. The second-order valence-electron chi connectivity index (χ2n) is 8.00. The van der Waals surface area contributed by atoms with Crippen LogP contribution in [0, 0.1) is 0 Å². The van der Waals surface area contributed by atoms with E-state index in [4.69, 9.17) is 16.3 Å². The van der Waals surface area contributed by atoms with Crippen LogP contribution < -0.4 is 4.74 Å². The van der Waals surface area contributed by atoms with Gasteiger partial charge in [-0.05, 0) is 48.6 Å². The first-order valence-electron chi connectivity index (χ1n) is 9.86. The summed E-state index contributed by atoms with van der Waals surface area (Å²) in [4.78, 5) is 0. The molecule has 0 fully saturated rings. The summed E-state index contributed by atoms with van der Waals surface area (Å²) in [5.41, 5.74) is 2.50. The summed E-state index contributed by atoms with van der Waals surface area (Å²) < 4.78 is 8.26. The average molecular weight is 430 g/mol. The fraction of sp³-hybridized carbons (Fsp3) is 0.391. The van der Waals surface area contributed by atoms with E-state index in [0.29, 0.717) is 0 Å². The van der Waals surface area contributed by atoms with Gasteiger partial charge in [-0.1, -0.05) is 74.5 Å². The van der Waals surface area contributed by atoms with Gasteiger partial charge >= 0.3 is 0 Å². The van der Waals surface area contributed by atoms with Gasteiger partial charge in [0.15, 0.2) is 17.1 Å². The number of hydrogen-bond donors (Lipinski definition) is 0. The molecular weight excluding hydrogens is 402 g/mol. The predicted octanol–water partition coefficient (Wildman–Crippen LogP) is 6.68. The van der Waals surface area contributed by atoms with E-state index in [9.17, 15) is 0 Å². The Morgan fingerprint density at radius 1 is 1.07 bits per heavy atom. The molecule has 2 aromatic carbocycles. The molecular formula is C23H28ClN3OS. The quantitative estimate of drug-likeness (QED) is 0.392. The number of thioether (sulfide) groups is 1. The van der Waals surface area contributed by atoms with Crippen LogP contribution in [-0.4, -0.2) is 14.8 Å². The van der Waals surface area contributed by atoms with Crippen LogP contribution in [0.3, 0.4) is 0 Å². The van der Waals surface area contributed by atoms with Gasteiger partial charge in [-0.15, -0.1) is 10.2 Å². The van der Waals surface area contributed by atoms with Crippen molar-refractivity contribution in [1.29, 1.82) is 0 Å². The van der Waals surface area contributed by atoms with Crippen LogP contribution in [0.5, 0.6) is 5.75 Å². The molecule has 0 N–H and O–H groups in total. The van der Waals surface area contributed by atoms with Crippen molar-refractivity contribution < 1.29 is 4.74 Å². The first-order chi connectivity index (χ1) is 13.8. The Labute approximate surface area is 182 Å². The molecule has 0 radical (unpaired) electrons. The maximum atomic E-state index is 6.27. The molecule has 0 saturated heterocycles. The minimum atomic E-state index is -0.197. The second kappa shape index (κ2) is 9.23. The molecule has 0 spiro atoms. The molecule has 29 heavy (non-hydrogen) atoms. The SMILES string of the molecule is CCn1c(SCc2ccccc2Cl)nnc1C(C)Oc1ccc(C(C)(C)C)cc1. The maximum Gasteiger partial charge on any atom is 0.191 e. The van der Waals surface area contributed by atoms with Gasteiger partial charge in [0.1, 0.15) is 5.75 Å². The lowest BCUT2D eigenvalue weighted by molar-refractivity contribution is 0.210. The zero-order valence-corrected chi connectivity index (χ0v) is 19.2. The van der Waals surface area contributed by atoms with Gasteiger partial charge in [-0.3, -0.25) is 0 Å². The van der Waals surface area contributed by atoms with Crippen LogP contribution in [0.15, 0.2) is 53.7 Å². The zero-order valence-electron chi connectivity index (χ0n) is 17.6. The molecule has 0 amide bonds. The van der Waals surface area contributed by atoms with Crippen LogP contribution in [-0.2, 0) is 17.7 Å². The molecule has 0 saturated carbocycles. The third kappa shape index (κ3) is 5.34. The first-order valence-corrected chi connectivity index (χ1v) is 11.2. The van der Waals surface area contributed by atoms with Crippen molar-refractivity contribution in [2.24, 2.45) is 0 Å². The molecule has 3 rings (SSSR count). The smallest absolute Gasteiger partial charge is 0.191 e. The Balaban J connectivity index is 1.71. The number of halogens is 1. The van der Waals surface area contributed by atoms with E-state index in [-0.39, 0.29) is 11.5 Å². The fourth-order valence-electron chi connectivity index (χ4n) is 3.05. The van der Waals surface area contributed by atoms with Gasteiger partial charge in [0.05, 0.1) is 0 Å². The molecule has 1 aromatic heterocycles.